The molecular weight excluding hydrogens is 408 g/mol. The van der Waals surface area contributed by atoms with Crippen LogP contribution in [0.2, 0.25) is 0 Å². The first kappa shape index (κ1) is 22.2. The molecule has 0 aliphatic carbocycles. The van der Waals surface area contributed by atoms with Gasteiger partial charge in [-0.15, -0.1) is 10.2 Å². The molecule has 3 rings (SSSR count). The average molecular weight is 433 g/mol. The summed E-state index contributed by atoms with van der Waals surface area (Å²) in [7, 11) is 0. The van der Waals surface area contributed by atoms with Gasteiger partial charge in [0.1, 0.15) is 12.6 Å². The zero-order valence-corrected chi connectivity index (χ0v) is 17.3. The van der Waals surface area contributed by atoms with E-state index in [0.29, 0.717) is 36.0 Å². The smallest absolute Gasteiger partial charge is 0.263 e. The maximum Gasteiger partial charge on any atom is 0.263 e. The van der Waals surface area contributed by atoms with E-state index < -0.39 is 6.43 Å². The number of piperazine rings is 1. The molecule has 2 heterocycles. The fourth-order valence-electron chi connectivity index (χ4n) is 3.09. The highest BCUT2D eigenvalue weighted by molar-refractivity contribution is 5.85. The maximum atomic E-state index is 12.8. The molecule has 1 fully saturated rings. The minimum absolute atomic E-state index is 0.00795. The first-order valence-electron chi connectivity index (χ1n) is 9.67. The molecule has 166 valence electrons. The molecule has 0 saturated carbocycles. The molecule has 0 bridgehead atoms. The molecule has 1 aromatic heterocycles. The summed E-state index contributed by atoms with van der Waals surface area (Å²) in [6.07, 6.45) is -2.56. The number of anilines is 2. The Kier molecular flexibility index (Phi) is 6.85. The van der Waals surface area contributed by atoms with Gasteiger partial charge in [-0.25, -0.2) is 14.6 Å². The Balaban J connectivity index is 1.66. The van der Waals surface area contributed by atoms with Gasteiger partial charge in [-0.2, -0.15) is 0 Å². The highest BCUT2D eigenvalue weighted by atomic mass is 19.3. The van der Waals surface area contributed by atoms with Crippen molar-refractivity contribution < 1.29 is 18.3 Å². The van der Waals surface area contributed by atoms with Crippen LogP contribution in [0, 0.1) is 0 Å². The third kappa shape index (κ3) is 5.18. The van der Waals surface area contributed by atoms with Crippen LogP contribution in [0.25, 0.3) is 0 Å². The Morgan fingerprint density at radius 2 is 2.00 bits per heavy atom. The predicted molar refractivity (Wildman–Crippen MR) is 112 cm³/mol. The van der Waals surface area contributed by atoms with Crippen molar-refractivity contribution in [1.29, 1.82) is 0 Å². The van der Waals surface area contributed by atoms with Crippen molar-refractivity contribution in [1.82, 2.24) is 15.5 Å². The number of nitrogens with two attached hydrogens (primary N) is 2. The van der Waals surface area contributed by atoms with Crippen LogP contribution in [0.5, 0.6) is 5.88 Å². The predicted octanol–water partition coefficient (Wildman–Crippen LogP) is 1.69. The first-order chi connectivity index (χ1) is 14.8. The van der Waals surface area contributed by atoms with E-state index >= 15 is 0 Å². The van der Waals surface area contributed by atoms with E-state index in [1.165, 1.54) is 29.3 Å². The Labute approximate surface area is 178 Å². The molecule has 1 atom stereocenters. The molecule has 1 unspecified atom stereocenters. The quantitative estimate of drug-likeness (QED) is 0.445. The second-order valence-corrected chi connectivity index (χ2v) is 7.07. The second kappa shape index (κ2) is 9.56. The number of carbonyl (C=O) groups excluding carboxylic acids is 1. The van der Waals surface area contributed by atoms with Crippen LogP contribution in [-0.4, -0.2) is 41.8 Å². The minimum Gasteiger partial charge on any atom is -0.470 e. The van der Waals surface area contributed by atoms with E-state index in [0.717, 1.165) is 0 Å². The van der Waals surface area contributed by atoms with Gasteiger partial charge < -0.3 is 20.7 Å². The molecular formula is C20H25F2N7O2. The number of nitrogens with one attached hydrogen (secondary N) is 1. The zero-order chi connectivity index (χ0) is 22.5. The lowest BCUT2D eigenvalue weighted by atomic mass is 10.2. The molecule has 1 aromatic carbocycles. The van der Waals surface area contributed by atoms with Crippen molar-refractivity contribution >= 4 is 17.4 Å². The van der Waals surface area contributed by atoms with Crippen LogP contribution in [0.4, 0.5) is 20.3 Å². The van der Waals surface area contributed by atoms with Crippen molar-refractivity contribution in [3.8, 4) is 5.88 Å². The van der Waals surface area contributed by atoms with Crippen molar-refractivity contribution in [2.75, 3.05) is 29.6 Å². The largest absolute Gasteiger partial charge is 0.470 e. The molecule has 2 aromatic rings. The highest BCUT2D eigenvalue weighted by Gasteiger charge is 2.26. The topological polar surface area (TPSA) is 123 Å². The van der Waals surface area contributed by atoms with Gasteiger partial charge in [0.2, 0.25) is 11.8 Å². The number of hydrogen-bond donors (Lipinski definition) is 3. The van der Waals surface area contributed by atoms with E-state index in [4.69, 9.17) is 16.3 Å². The van der Waals surface area contributed by atoms with Gasteiger partial charge >= 0.3 is 0 Å². The maximum absolute atomic E-state index is 12.8. The van der Waals surface area contributed by atoms with Crippen LogP contribution < -0.4 is 31.5 Å². The Hall–Kier alpha value is -3.47. The summed E-state index contributed by atoms with van der Waals surface area (Å²) in [6, 6.07) is 8.59. The van der Waals surface area contributed by atoms with Crippen LogP contribution in [-0.2, 0) is 4.79 Å². The molecule has 0 radical (unpaired) electrons. The summed E-state index contributed by atoms with van der Waals surface area (Å²) < 4.78 is 31.2. The number of halogens is 2. The molecule has 31 heavy (non-hydrogen) atoms. The lowest BCUT2D eigenvalue weighted by molar-refractivity contribution is -0.122. The van der Waals surface area contributed by atoms with Crippen LogP contribution in [0.3, 0.4) is 0 Å². The van der Waals surface area contributed by atoms with E-state index in [-0.39, 0.29) is 30.0 Å². The van der Waals surface area contributed by atoms with Gasteiger partial charge in [0.05, 0.1) is 11.4 Å². The second-order valence-electron chi connectivity index (χ2n) is 7.07. The van der Waals surface area contributed by atoms with Crippen LogP contribution in [0.1, 0.15) is 25.8 Å². The number of alkyl halides is 2. The average Bonchev–Trinajstić information content (AvgIpc) is 2.76. The number of hydrogen-bond acceptors (Lipinski definition) is 8. The van der Waals surface area contributed by atoms with Gasteiger partial charge in [0, 0.05) is 30.4 Å². The monoisotopic (exact) mass is 433 g/mol. The van der Waals surface area contributed by atoms with E-state index in [9.17, 15) is 13.6 Å². The normalized spacial score (nSPS) is 17.3. The van der Waals surface area contributed by atoms with Crippen molar-refractivity contribution in [2.45, 2.75) is 26.3 Å². The number of hydrazine groups is 1. The third-order valence-electron chi connectivity index (χ3n) is 4.95. The number of carbonyl (C=O) groups is 1. The summed E-state index contributed by atoms with van der Waals surface area (Å²) in [5.41, 5.74) is 7.17. The summed E-state index contributed by atoms with van der Waals surface area (Å²) >= 11 is 0. The van der Waals surface area contributed by atoms with Gasteiger partial charge in [-0.1, -0.05) is 12.1 Å². The number of benzene rings is 1. The molecule has 11 heteroatoms. The number of amides is 1. The van der Waals surface area contributed by atoms with E-state index in [1.54, 1.807) is 26.0 Å². The molecule has 5 N–H and O–H groups in total. The molecule has 9 nitrogen and oxygen atoms in total. The number of rotatable bonds is 7. The lowest BCUT2D eigenvalue weighted by Crippen LogP contribution is -2.54. The van der Waals surface area contributed by atoms with Crippen LogP contribution >= 0.6 is 0 Å². The minimum atomic E-state index is -2.56. The van der Waals surface area contributed by atoms with Crippen LogP contribution in [0.15, 0.2) is 47.8 Å². The Morgan fingerprint density at radius 1 is 1.29 bits per heavy atom. The SMILES string of the molecule is C/C(N)=C(\COc1ccc(N2CCNC(=O)C2C)nn1)N(N)c1ccc(C(F)F)cc1. The van der Waals surface area contributed by atoms with E-state index in [2.05, 4.69) is 15.5 Å². The molecule has 1 amide bonds. The first-order valence-corrected chi connectivity index (χ1v) is 9.67. The number of allylic oxidation sites excluding steroid dienone is 1. The van der Waals surface area contributed by atoms with Crippen molar-refractivity contribution in [2.24, 2.45) is 11.6 Å². The molecule has 1 aliphatic heterocycles. The zero-order valence-electron chi connectivity index (χ0n) is 17.3. The standard InChI is InChI=1S/C20H25F2N7O2/c1-12(23)16(29(24)15-5-3-14(4-6-15)19(21)22)11-31-18-8-7-17(26-27-18)28-10-9-25-20(30)13(28)2/h3-8,13,19H,9-11,23-24H2,1-2H3,(H,25,30)/b16-12-. The van der Waals surface area contributed by atoms with Gasteiger partial charge in [-0.3, -0.25) is 9.80 Å². The highest BCUT2D eigenvalue weighted by Crippen LogP contribution is 2.24. The fourth-order valence-corrected chi connectivity index (χ4v) is 3.09. The molecule has 0 spiro atoms. The number of aromatic nitrogens is 2. The van der Waals surface area contributed by atoms with Gasteiger partial charge in [-0.05, 0) is 32.0 Å². The number of nitrogens with zero attached hydrogens (tertiary/aromatic N) is 4. The van der Waals surface area contributed by atoms with Gasteiger partial charge in [0.15, 0.2) is 5.82 Å². The third-order valence-corrected chi connectivity index (χ3v) is 4.95. The fraction of sp³-hybridized carbons (Fsp3) is 0.350. The summed E-state index contributed by atoms with van der Waals surface area (Å²) in [5, 5.41) is 12.3. The molecule has 1 saturated heterocycles. The Bertz CT molecular complexity index is 932. The number of ether oxygens (including phenoxy) is 1. The summed E-state index contributed by atoms with van der Waals surface area (Å²) in [6.45, 7) is 4.62. The van der Waals surface area contributed by atoms with E-state index in [1.807, 2.05) is 4.90 Å². The van der Waals surface area contributed by atoms with Crippen molar-refractivity contribution in [3.05, 3.63) is 53.4 Å². The molecule has 1 aliphatic rings. The van der Waals surface area contributed by atoms with Crippen molar-refractivity contribution in [3.63, 3.8) is 0 Å². The summed E-state index contributed by atoms with van der Waals surface area (Å²) in [5.74, 6) is 6.88. The summed E-state index contributed by atoms with van der Waals surface area (Å²) in [4.78, 5) is 13.7. The lowest BCUT2D eigenvalue weighted by Gasteiger charge is -2.33. The van der Waals surface area contributed by atoms with Gasteiger partial charge in [0.25, 0.3) is 6.43 Å². The Morgan fingerprint density at radius 3 is 2.58 bits per heavy atom.